The standard InChI is InChI=1S/C2H5O2PS/c3-2(4)1(6)5-2/h1,3-6H. The molecule has 2 nitrogen and oxygen atoms in total. The first-order chi connectivity index (χ1) is 2.63. The molecule has 0 aromatic rings. The Bertz CT molecular complexity index is 73.9. The highest BCUT2D eigenvalue weighted by Crippen LogP contribution is 2.58. The molecule has 1 aliphatic rings. The molecule has 1 fully saturated rings. The number of rotatable bonds is 0. The monoisotopic (exact) mass is 124 g/mol. The van der Waals surface area contributed by atoms with Crippen molar-refractivity contribution < 1.29 is 10.2 Å². The van der Waals surface area contributed by atoms with E-state index in [-0.39, 0.29) is 13.6 Å². The van der Waals surface area contributed by atoms with E-state index in [0.29, 0.717) is 0 Å². The third kappa shape index (κ3) is 0.684. The van der Waals surface area contributed by atoms with Gasteiger partial charge in [0.05, 0.1) is 4.99 Å². The second kappa shape index (κ2) is 1.10. The maximum Gasteiger partial charge on any atom is 0.195 e. The van der Waals surface area contributed by atoms with Gasteiger partial charge in [-0.15, -0.1) is 0 Å². The lowest BCUT2D eigenvalue weighted by Crippen LogP contribution is -2.06. The minimum atomic E-state index is -1.40. The normalized spacial score (nSPS) is 43.5. The average molecular weight is 124 g/mol. The van der Waals surface area contributed by atoms with E-state index in [1.807, 2.05) is 0 Å². The van der Waals surface area contributed by atoms with Crippen LogP contribution < -0.4 is 0 Å². The highest BCUT2D eigenvalue weighted by atomic mass is 32.1. The maximum absolute atomic E-state index is 8.39. The lowest BCUT2D eigenvalue weighted by atomic mass is 10.8. The second-order valence-corrected chi connectivity index (χ2v) is 3.88. The topological polar surface area (TPSA) is 40.5 Å². The summed E-state index contributed by atoms with van der Waals surface area (Å²) in [5, 5.41) is 16.8. The highest BCUT2D eigenvalue weighted by Gasteiger charge is 2.49. The summed E-state index contributed by atoms with van der Waals surface area (Å²) in [7, 11) is 0.209. The molecule has 1 rings (SSSR count). The van der Waals surface area contributed by atoms with Crippen molar-refractivity contribution in [1.82, 2.24) is 0 Å². The van der Waals surface area contributed by atoms with Crippen molar-refractivity contribution in [3.05, 3.63) is 0 Å². The molecule has 6 heavy (non-hydrogen) atoms. The van der Waals surface area contributed by atoms with Gasteiger partial charge in [0.25, 0.3) is 0 Å². The fourth-order valence-electron chi connectivity index (χ4n) is 0.160. The Morgan fingerprint density at radius 1 is 1.67 bits per heavy atom. The van der Waals surface area contributed by atoms with E-state index in [1.165, 1.54) is 0 Å². The summed E-state index contributed by atoms with van der Waals surface area (Å²) in [6.45, 7) is 0. The third-order valence-electron chi connectivity index (χ3n) is 0.647. The maximum atomic E-state index is 8.39. The van der Waals surface area contributed by atoms with Crippen molar-refractivity contribution in [3.63, 3.8) is 0 Å². The smallest absolute Gasteiger partial charge is 0.195 e. The first-order valence-electron chi connectivity index (χ1n) is 1.53. The quantitative estimate of drug-likeness (QED) is 0.233. The van der Waals surface area contributed by atoms with Gasteiger partial charge in [-0.25, -0.2) is 0 Å². The van der Waals surface area contributed by atoms with Gasteiger partial charge < -0.3 is 10.2 Å². The molecule has 0 bridgehead atoms. The van der Waals surface area contributed by atoms with E-state index in [2.05, 4.69) is 12.6 Å². The van der Waals surface area contributed by atoms with Crippen LogP contribution in [0.5, 0.6) is 0 Å². The highest BCUT2D eigenvalue weighted by molar-refractivity contribution is 7.91. The Hall–Kier alpha value is 0.700. The molecule has 2 unspecified atom stereocenters. The number of hydrogen-bond acceptors (Lipinski definition) is 3. The van der Waals surface area contributed by atoms with E-state index >= 15 is 0 Å². The zero-order chi connectivity index (χ0) is 4.78. The van der Waals surface area contributed by atoms with Gasteiger partial charge in [0.1, 0.15) is 0 Å². The Kier molecular flexibility index (Phi) is 0.889. The van der Waals surface area contributed by atoms with Crippen molar-refractivity contribution >= 4 is 21.2 Å². The van der Waals surface area contributed by atoms with Crippen LogP contribution in [0.25, 0.3) is 0 Å². The van der Waals surface area contributed by atoms with Crippen LogP contribution in [0.15, 0.2) is 0 Å². The zero-order valence-electron chi connectivity index (χ0n) is 2.92. The van der Waals surface area contributed by atoms with Crippen molar-refractivity contribution in [2.45, 2.75) is 10.5 Å². The SMILES string of the molecule is OC1(O)PC1S. The molecule has 36 valence electrons. The predicted octanol–water partition coefficient (Wildman–Crippen LogP) is -0.427. The average Bonchev–Trinajstić information content (AvgIpc) is 1.73. The fraction of sp³-hybridized carbons (Fsp3) is 1.00. The summed E-state index contributed by atoms with van der Waals surface area (Å²) in [4.78, 5) is -0.169. The molecule has 2 N–H and O–H groups in total. The molecule has 0 amide bonds. The molecule has 0 aromatic carbocycles. The van der Waals surface area contributed by atoms with Gasteiger partial charge in [-0.2, -0.15) is 12.6 Å². The van der Waals surface area contributed by atoms with Gasteiger partial charge in [0, 0.05) is 0 Å². The van der Waals surface area contributed by atoms with Crippen molar-refractivity contribution in [2.24, 2.45) is 0 Å². The van der Waals surface area contributed by atoms with Gasteiger partial charge >= 0.3 is 0 Å². The Balaban J connectivity index is 2.41. The molecule has 1 saturated heterocycles. The molecule has 0 saturated carbocycles. The minimum Gasteiger partial charge on any atom is -0.361 e. The van der Waals surface area contributed by atoms with Crippen LogP contribution in [0, 0.1) is 0 Å². The summed E-state index contributed by atoms with van der Waals surface area (Å²) in [6, 6.07) is 0. The summed E-state index contributed by atoms with van der Waals surface area (Å²) in [5.41, 5.74) is -1.40. The van der Waals surface area contributed by atoms with Crippen LogP contribution in [0.3, 0.4) is 0 Å². The summed E-state index contributed by atoms with van der Waals surface area (Å²) in [6.07, 6.45) is 0. The molecule has 4 heteroatoms. The van der Waals surface area contributed by atoms with Crippen molar-refractivity contribution in [3.8, 4) is 0 Å². The Labute approximate surface area is 42.8 Å². The van der Waals surface area contributed by atoms with E-state index in [0.717, 1.165) is 0 Å². The van der Waals surface area contributed by atoms with Crippen LogP contribution >= 0.6 is 21.2 Å². The largest absolute Gasteiger partial charge is 0.361 e. The van der Waals surface area contributed by atoms with E-state index in [4.69, 9.17) is 10.2 Å². The second-order valence-electron chi connectivity index (χ2n) is 1.27. The lowest BCUT2D eigenvalue weighted by molar-refractivity contribution is -0.0340. The summed E-state index contributed by atoms with van der Waals surface area (Å²) >= 11 is 3.77. The minimum absolute atomic E-state index is 0.169. The van der Waals surface area contributed by atoms with Crippen LogP contribution in [-0.4, -0.2) is 20.7 Å². The first-order valence-corrected chi connectivity index (χ1v) is 3.13. The van der Waals surface area contributed by atoms with Crippen LogP contribution in [0.2, 0.25) is 0 Å². The van der Waals surface area contributed by atoms with Gasteiger partial charge in [0.2, 0.25) is 0 Å². The van der Waals surface area contributed by atoms with E-state index in [9.17, 15) is 0 Å². The lowest BCUT2D eigenvalue weighted by Gasteiger charge is -1.89. The first kappa shape index (κ1) is 4.85. The van der Waals surface area contributed by atoms with Gasteiger partial charge in [-0.1, -0.05) is 0 Å². The van der Waals surface area contributed by atoms with Crippen molar-refractivity contribution in [2.75, 3.05) is 0 Å². The van der Waals surface area contributed by atoms with Crippen LogP contribution in [-0.2, 0) is 0 Å². The Morgan fingerprint density at radius 3 is 1.83 bits per heavy atom. The van der Waals surface area contributed by atoms with Gasteiger partial charge in [0.15, 0.2) is 5.53 Å². The van der Waals surface area contributed by atoms with E-state index in [1.54, 1.807) is 0 Å². The van der Waals surface area contributed by atoms with Gasteiger partial charge in [-0.05, 0) is 8.58 Å². The van der Waals surface area contributed by atoms with Crippen LogP contribution in [0.4, 0.5) is 0 Å². The molecule has 2 atom stereocenters. The van der Waals surface area contributed by atoms with Gasteiger partial charge in [-0.3, -0.25) is 0 Å². The molecule has 0 spiro atoms. The third-order valence-corrected chi connectivity index (χ3v) is 2.72. The molecular weight excluding hydrogens is 119 g/mol. The Morgan fingerprint density at radius 2 is 1.83 bits per heavy atom. The molecule has 0 aromatic heterocycles. The predicted molar refractivity (Wildman–Crippen MR) is 28.3 cm³/mol. The fourth-order valence-corrected chi connectivity index (χ4v) is 1.05. The number of hydrogen-bond donors (Lipinski definition) is 3. The molecule has 1 aliphatic heterocycles. The summed E-state index contributed by atoms with van der Waals surface area (Å²) < 4.78 is 0. The number of thiol groups is 1. The summed E-state index contributed by atoms with van der Waals surface area (Å²) in [5.74, 6) is 0. The van der Waals surface area contributed by atoms with Crippen molar-refractivity contribution in [1.29, 1.82) is 0 Å². The molecular formula is C2H5O2PS. The molecule has 0 radical (unpaired) electrons. The molecule has 0 aliphatic carbocycles. The van der Waals surface area contributed by atoms with E-state index < -0.39 is 5.53 Å². The zero-order valence-corrected chi connectivity index (χ0v) is 4.81. The van der Waals surface area contributed by atoms with Crippen LogP contribution in [0.1, 0.15) is 0 Å². The molecule has 1 heterocycles. The number of aliphatic hydroxyl groups is 2.